The average Bonchev–Trinajstić information content (AvgIpc) is 3.07. The first kappa shape index (κ1) is 18.1. The van der Waals surface area contributed by atoms with Crippen LogP contribution in [0.1, 0.15) is 33.2 Å². The smallest absolute Gasteiger partial charge is 0.311 e. The number of H-pyrrole nitrogens is 1. The van der Waals surface area contributed by atoms with E-state index in [4.69, 9.17) is 10.5 Å². The van der Waals surface area contributed by atoms with Crippen molar-refractivity contribution in [3.63, 3.8) is 0 Å². The van der Waals surface area contributed by atoms with E-state index in [1.54, 1.807) is 25.3 Å². The molecule has 0 aromatic carbocycles. The van der Waals surface area contributed by atoms with Crippen molar-refractivity contribution in [3.05, 3.63) is 28.8 Å². The van der Waals surface area contributed by atoms with Gasteiger partial charge in [0.25, 0.3) is 5.56 Å². The average molecular weight is 361 g/mol. The summed E-state index contributed by atoms with van der Waals surface area (Å²) in [5, 5.41) is 9.77. The summed E-state index contributed by atoms with van der Waals surface area (Å²) < 4.78 is 7.32. The molecular weight excluding hydrogens is 338 g/mol. The second kappa shape index (κ2) is 6.24. The second-order valence-corrected chi connectivity index (χ2v) is 7.58. The second-order valence-electron chi connectivity index (χ2n) is 7.58. The predicted octanol–water partition coefficient (Wildman–Crippen LogP) is 0.769. The third kappa shape index (κ3) is 2.98. The Morgan fingerprint density at radius 1 is 1.54 bits per heavy atom. The summed E-state index contributed by atoms with van der Waals surface area (Å²) in [7, 11) is 0. The minimum absolute atomic E-state index is 0.0118. The molecule has 2 heterocycles. The van der Waals surface area contributed by atoms with Gasteiger partial charge < -0.3 is 20.1 Å². The van der Waals surface area contributed by atoms with Gasteiger partial charge in [-0.3, -0.25) is 14.6 Å². The Balaban J connectivity index is 1.96. The van der Waals surface area contributed by atoms with Crippen LogP contribution in [0.25, 0.3) is 11.2 Å². The van der Waals surface area contributed by atoms with Gasteiger partial charge in [-0.15, -0.1) is 0 Å². The van der Waals surface area contributed by atoms with Crippen molar-refractivity contribution in [2.75, 3.05) is 12.3 Å². The van der Waals surface area contributed by atoms with Crippen molar-refractivity contribution >= 4 is 23.1 Å². The highest BCUT2D eigenvalue weighted by molar-refractivity contribution is 5.75. The van der Waals surface area contributed by atoms with E-state index in [9.17, 15) is 14.7 Å². The highest BCUT2D eigenvalue weighted by Crippen LogP contribution is 2.42. The van der Waals surface area contributed by atoms with Crippen LogP contribution in [-0.2, 0) is 9.53 Å². The number of esters is 1. The van der Waals surface area contributed by atoms with Crippen LogP contribution in [0.5, 0.6) is 0 Å². The summed E-state index contributed by atoms with van der Waals surface area (Å²) in [6, 6.07) is -0.316. The van der Waals surface area contributed by atoms with Crippen LogP contribution in [0.4, 0.5) is 5.95 Å². The SMILES string of the molecule is C=C1[C@H](CO)[C@@H](OC(=O)C(C)(C)C)C[C@@H]1n1cnc2c(=O)[nH]c(N)nc21. The molecule has 0 saturated heterocycles. The lowest BCUT2D eigenvalue weighted by atomic mass is 9.96. The van der Waals surface area contributed by atoms with E-state index in [-0.39, 0.29) is 30.1 Å². The predicted molar refractivity (Wildman–Crippen MR) is 95.3 cm³/mol. The maximum atomic E-state index is 12.3. The van der Waals surface area contributed by atoms with Crippen LogP contribution in [0.3, 0.4) is 0 Å². The zero-order valence-electron chi connectivity index (χ0n) is 15.0. The molecule has 2 aromatic heterocycles. The number of rotatable bonds is 3. The molecule has 0 radical (unpaired) electrons. The number of anilines is 1. The number of ether oxygens (including phenoxy) is 1. The topological polar surface area (TPSA) is 136 Å². The number of nitrogen functional groups attached to an aromatic ring is 1. The lowest BCUT2D eigenvalue weighted by Gasteiger charge is -2.23. The van der Waals surface area contributed by atoms with Crippen LogP contribution in [0, 0.1) is 11.3 Å². The van der Waals surface area contributed by atoms with Gasteiger partial charge in [0, 0.05) is 12.3 Å². The summed E-state index contributed by atoms with van der Waals surface area (Å²) in [5.41, 5.74) is 5.76. The standard InChI is InChI=1S/C17H23N5O4/c1-8-9(6-23)11(26-15(25)17(2,3)4)5-10(8)22-7-19-12-13(22)20-16(18)21-14(12)24/h7,9-11,23H,1,5-6H2,2-4H3,(H3,18,20,21,24)/t9-,10-,11-/m0/s1. The van der Waals surface area contributed by atoms with Gasteiger partial charge in [0.2, 0.25) is 5.95 Å². The molecule has 1 aliphatic rings. The van der Waals surface area contributed by atoms with E-state index < -0.39 is 23.0 Å². The number of carbonyl (C=O) groups is 1. The van der Waals surface area contributed by atoms with Crippen molar-refractivity contribution in [2.24, 2.45) is 11.3 Å². The number of aromatic nitrogens is 4. The fourth-order valence-electron chi connectivity index (χ4n) is 3.16. The number of aliphatic hydroxyl groups excluding tert-OH is 1. The largest absolute Gasteiger partial charge is 0.461 e. The molecule has 0 aliphatic heterocycles. The maximum absolute atomic E-state index is 12.3. The van der Waals surface area contributed by atoms with Gasteiger partial charge in [-0.2, -0.15) is 4.98 Å². The Labute approximate surface area is 149 Å². The van der Waals surface area contributed by atoms with Crippen molar-refractivity contribution in [1.29, 1.82) is 0 Å². The molecule has 0 unspecified atom stereocenters. The Bertz CT molecular complexity index is 923. The van der Waals surface area contributed by atoms with Gasteiger partial charge in [0.1, 0.15) is 6.10 Å². The number of nitrogens with zero attached hydrogens (tertiary/aromatic N) is 3. The molecule has 4 N–H and O–H groups in total. The molecule has 0 spiro atoms. The lowest BCUT2D eigenvalue weighted by molar-refractivity contribution is -0.160. The first-order chi connectivity index (χ1) is 12.1. The van der Waals surface area contributed by atoms with Crippen molar-refractivity contribution < 1.29 is 14.6 Å². The summed E-state index contributed by atoms with van der Waals surface area (Å²) in [4.78, 5) is 34.9. The molecule has 3 rings (SSSR count). The van der Waals surface area contributed by atoms with E-state index in [0.29, 0.717) is 17.6 Å². The molecular formula is C17H23N5O4. The molecule has 0 bridgehead atoms. The van der Waals surface area contributed by atoms with E-state index >= 15 is 0 Å². The number of aliphatic hydroxyl groups is 1. The van der Waals surface area contributed by atoms with Gasteiger partial charge in [-0.1, -0.05) is 6.58 Å². The Morgan fingerprint density at radius 3 is 2.85 bits per heavy atom. The normalized spacial score (nSPS) is 23.5. The number of carbonyl (C=O) groups excluding carboxylic acids is 1. The number of imidazole rings is 1. The molecule has 9 nitrogen and oxygen atoms in total. The van der Waals surface area contributed by atoms with Crippen molar-refractivity contribution in [2.45, 2.75) is 39.3 Å². The van der Waals surface area contributed by atoms with E-state index in [1.807, 2.05) is 0 Å². The third-order valence-electron chi connectivity index (χ3n) is 4.66. The fourth-order valence-corrected chi connectivity index (χ4v) is 3.16. The first-order valence-corrected chi connectivity index (χ1v) is 8.36. The van der Waals surface area contributed by atoms with E-state index in [2.05, 4.69) is 21.5 Å². The molecule has 3 atom stereocenters. The molecule has 1 saturated carbocycles. The van der Waals surface area contributed by atoms with Gasteiger partial charge in [0.15, 0.2) is 11.2 Å². The lowest BCUT2D eigenvalue weighted by Crippen LogP contribution is -2.31. The molecule has 1 fully saturated rings. The number of nitrogens with one attached hydrogen (secondary N) is 1. The first-order valence-electron chi connectivity index (χ1n) is 8.36. The highest BCUT2D eigenvalue weighted by atomic mass is 16.5. The molecule has 2 aromatic rings. The van der Waals surface area contributed by atoms with Crippen LogP contribution in [-0.4, -0.2) is 43.3 Å². The number of hydrogen-bond acceptors (Lipinski definition) is 7. The summed E-state index contributed by atoms with van der Waals surface area (Å²) in [5.74, 6) is -0.755. The van der Waals surface area contributed by atoms with E-state index in [0.717, 1.165) is 0 Å². The minimum atomic E-state index is -0.648. The minimum Gasteiger partial charge on any atom is -0.461 e. The number of aromatic amines is 1. The van der Waals surface area contributed by atoms with Crippen LogP contribution >= 0.6 is 0 Å². The molecule has 0 amide bonds. The zero-order valence-corrected chi connectivity index (χ0v) is 15.0. The molecule has 1 aliphatic carbocycles. The van der Waals surface area contributed by atoms with Gasteiger partial charge >= 0.3 is 5.97 Å². The summed E-state index contributed by atoms with van der Waals surface area (Å²) in [6.07, 6.45) is 1.39. The number of nitrogens with two attached hydrogens (primary N) is 1. The van der Waals surface area contributed by atoms with Crippen molar-refractivity contribution in [1.82, 2.24) is 19.5 Å². The van der Waals surface area contributed by atoms with Crippen molar-refractivity contribution in [3.8, 4) is 0 Å². The summed E-state index contributed by atoms with van der Waals surface area (Å²) >= 11 is 0. The van der Waals surface area contributed by atoms with E-state index in [1.165, 1.54) is 6.33 Å². The Hall–Kier alpha value is -2.68. The van der Waals surface area contributed by atoms with Gasteiger partial charge in [-0.05, 0) is 26.3 Å². The maximum Gasteiger partial charge on any atom is 0.311 e. The molecule has 26 heavy (non-hydrogen) atoms. The number of hydrogen-bond donors (Lipinski definition) is 3. The van der Waals surface area contributed by atoms with Crippen LogP contribution in [0.2, 0.25) is 0 Å². The summed E-state index contributed by atoms with van der Waals surface area (Å²) in [6.45, 7) is 9.19. The quantitative estimate of drug-likeness (QED) is 0.542. The molecule has 140 valence electrons. The Kier molecular flexibility index (Phi) is 4.35. The number of fused-ring (bicyclic) bond motifs is 1. The van der Waals surface area contributed by atoms with Gasteiger partial charge in [0.05, 0.1) is 24.4 Å². The molecule has 9 heteroatoms. The Morgan fingerprint density at radius 2 is 2.23 bits per heavy atom. The fraction of sp³-hybridized carbons (Fsp3) is 0.529. The monoisotopic (exact) mass is 361 g/mol. The highest BCUT2D eigenvalue weighted by Gasteiger charge is 2.42. The van der Waals surface area contributed by atoms with Crippen LogP contribution in [0.15, 0.2) is 23.3 Å². The van der Waals surface area contributed by atoms with Gasteiger partial charge in [-0.25, -0.2) is 4.98 Å². The zero-order chi connectivity index (χ0) is 19.2. The van der Waals surface area contributed by atoms with Crippen LogP contribution < -0.4 is 11.3 Å². The third-order valence-corrected chi connectivity index (χ3v) is 4.66.